The van der Waals surface area contributed by atoms with Gasteiger partial charge in [-0.2, -0.15) is 0 Å². The van der Waals surface area contributed by atoms with E-state index in [-0.39, 0.29) is 0 Å². The summed E-state index contributed by atoms with van der Waals surface area (Å²) in [5.74, 6) is 1.76. The summed E-state index contributed by atoms with van der Waals surface area (Å²) in [4.78, 5) is 0. The largest absolute Gasteiger partial charge is 0.494 e. The molecule has 2 rings (SSSR count). The number of nitrogens with zero attached hydrogens (tertiary/aromatic N) is 4. The van der Waals surface area contributed by atoms with Crippen LogP contribution in [0.2, 0.25) is 5.02 Å². The Labute approximate surface area is 133 Å². The van der Waals surface area contributed by atoms with Gasteiger partial charge in [-0.05, 0) is 35.5 Å². The number of rotatable bonds is 8. The fraction of sp³-hybridized carbons (Fsp3) is 0.462. The Balaban J connectivity index is 1.78. The molecule has 6 nitrogen and oxygen atoms in total. The number of benzene rings is 1. The van der Waals surface area contributed by atoms with E-state index in [1.807, 2.05) is 32.2 Å². The van der Waals surface area contributed by atoms with Gasteiger partial charge in [0.2, 0.25) is 5.16 Å². The number of hydrogen-bond acceptors (Lipinski definition) is 6. The van der Waals surface area contributed by atoms with Crippen molar-refractivity contribution in [3.8, 4) is 5.75 Å². The predicted octanol–water partition coefficient (Wildman–Crippen LogP) is 2.14. The maximum Gasteiger partial charge on any atom is 0.209 e. The second kappa shape index (κ2) is 8.21. The number of thioether (sulfide) groups is 1. The van der Waals surface area contributed by atoms with E-state index in [9.17, 15) is 0 Å². The van der Waals surface area contributed by atoms with E-state index < -0.39 is 0 Å². The Morgan fingerprint density at radius 2 is 2.29 bits per heavy atom. The normalized spacial score (nSPS) is 10.8. The van der Waals surface area contributed by atoms with Gasteiger partial charge in [0.05, 0.1) is 6.61 Å². The van der Waals surface area contributed by atoms with Gasteiger partial charge in [-0.1, -0.05) is 23.4 Å². The van der Waals surface area contributed by atoms with Crippen LogP contribution in [0.25, 0.3) is 0 Å². The van der Waals surface area contributed by atoms with E-state index in [0.717, 1.165) is 33.8 Å². The summed E-state index contributed by atoms with van der Waals surface area (Å²) < 4.78 is 7.25. The second-order valence-corrected chi connectivity index (χ2v) is 5.79. The summed E-state index contributed by atoms with van der Waals surface area (Å²) in [7, 11) is 1.83. The van der Waals surface area contributed by atoms with Gasteiger partial charge < -0.3 is 10.1 Å². The summed E-state index contributed by atoms with van der Waals surface area (Å²) in [5, 5.41) is 16.2. The lowest BCUT2D eigenvalue weighted by Gasteiger charge is -2.11. The quantitative estimate of drug-likeness (QED) is 0.592. The average molecular weight is 328 g/mol. The van der Waals surface area contributed by atoms with Crippen molar-refractivity contribution in [2.75, 3.05) is 18.9 Å². The molecule has 0 atom stereocenters. The van der Waals surface area contributed by atoms with Crippen LogP contribution in [-0.4, -0.2) is 39.1 Å². The zero-order chi connectivity index (χ0) is 15.1. The van der Waals surface area contributed by atoms with Gasteiger partial charge in [0.15, 0.2) is 0 Å². The maximum atomic E-state index is 6.03. The van der Waals surface area contributed by atoms with Crippen LogP contribution in [0.15, 0.2) is 23.4 Å². The lowest BCUT2D eigenvalue weighted by Crippen LogP contribution is -2.17. The first-order valence-electron chi connectivity index (χ1n) is 6.67. The Morgan fingerprint density at radius 1 is 1.43 bits per heavy atom. The Bertz CT molecular complexity index is 577. The maximum absolute atomic E-state index is 6.03. The number of aromatic nitrogens is 4. The zero-order valence-electron chi connectivity index (χ0n) is 12.0. The monoisotopic (exact) mass is 327 g/mol. The van der Waals surface area contributed by atoms with Crippen LogP contribution < -0.4 is 10.1 Å². The smallest absolute Gasteiger partial charge is 0.209 e. The van der Waals surface area contributed by atoms with E-state index >= 15 is 0 Å². The topological polar surface area (TPSA) is 64.9 Å². The molecule has 0 saturated heterocycles. The number of ether oxygens (including phenoxy) is 1. The van der Waals surface area contributed by atoms with Crippen LogP contribution in [0.1, 0.15) is 12.5 Å². The first kappa shape index (κ1) is 16.1. The van der Waals surface area contributed by atoms with Crippen molar-refractivity contribution in [3.05, 3.63) is 28.8 Å². The highest BCUT2D eigenvalue weighted by Crippen LogP contribution is 2.22. The van der Waals surface area contributed by atoms with Crippen molar-refractivity contribution in [1.29, 1.82) is 0 Å². The fourth-order valence-electron chi connectivity index (χ4n) is 1.76. The summed E-state index contributed by atoms with van der Waals surface area (Å²) in [5.41, 5.74) is 1.06. The van der Waals surface area contributed by atoms with E-state index in [2.05, 4.69) is 20.8 Å². The minimum Gasteiger partial charge on any atom is -0.494 e. The molecule has 8 heteroatoms. The van der Waals surface area contributed by atoms with E-state index in [0.29, 0.717) is 13.2 Å². The standard InChI is InChI=1S/C13H18ClN5OS/c1-3-20-12-5-4-11(14)8-10(12)9-15-6-7-21-13-16-17-18-19(13)2/h4-5,8,15H,3,6-7,9H2,1-2H3. The molecule has 0 aliphatic rings. The van der Waals surface area contributed by atoms with Crippen LogP contribution in [0.5, 0.6) is 5.75 Å². The molecule has 0 unspecified atom stereocenters. The molecule has 114 valence electrons. The molecule has 2 aromatic rings. The highest BCUT2D eigenvalue weighted by atomic mass is 35.5. The third kappa shape index (κ3) is 4.87. The first-order chi connectivity index (χ1) is 10.2. The molecule has 0 aliphatic heterocycles. The minimum absolute atomic E-state index is 0.643. The molecule has 1 aromatic carbocycles. The molecule has 1 aromatic heterocycles. The lowest BCUT2D eigenvalue weighted by molar-refractivity contribution is 0.335. The van der Waals surface area contributed by atoms with Crippen LogP contribution in [-0.2, 0) is 13.6 Å². The number of nitrogens with one attached hydrogen (secondary N) is 1. The van der Waals surface area contributed by atoms with Crippen LogP contribution in [0, 0.1) is 0 Å². The molecule has 0 amide bonds. The Kier molecular flexibility index (Phi) is 6.28. The highest BCUT2D eigenvalue weighted by molar-refractivity contribution is 7.99. The van der Waals surface area contributed by atoms with Gasteiger partial charge in [-0.3, -0.25) is 0 Å². The molecule has 21 heavy (non-hydrogen) atoms. The average Bonchev–Trinajstić information content (AvgIpc) is 2.87. The third-order valence-electron chi connectivity index (χ3n) is 2.73. The molecular weight excluding hydrogens is 310 g/mol. The molecule has 0 radical (unpaired) electrons. The summed E-state index contributed by atoms with van der Waals surface area (Å²) in [6.07, 6.45) is 0. The molecular formula is C13H18ClN5OS. The van der Waals surface area contributed by atoms with E-state index in [1.54, 1.807) is 16.4 Å². The molecule has 1 N–H and O–H groups in total. The van der Waals surface area contributed by atoms with Crippen LogP contribution in [0.3, 0.4) is 0 Å². The van der Waals surface area contributed by atoms with Gasteiger partial charge in [-0.25, -0.2) is 4.68 Å². The number of hydrogen-bond donors (Lipinski definition) is 1. The highest BCUT2D eigenvalue weighted by Gasteiger charge is 2.05. The van der Waals surface area contributed by atoms with Gasteiger partial charge in [0, 0.05) is 36.5 Å². The summed E-state index contributed by atoms with van der Waals surface area (Å²) in [6, 6.07) is 5.68. The summed E-state index contributed by atoms with van der Waals surface area (Å²) in [6.45, 7) is 4.17. The van der Waals surface area contributed by atoms with E-state index in [1.165, 1.54) is 0 Å². The molecule has 0 spiro atoms. The molecule has 0 aliphatic carbocycles. The van der Waals surface area contributed by atoms with Crippen LogP contribution in [0.4, 0.5) is 0 Å². The van der Waals surface area contributed by atoms with Crippen LogP contribution >= 0.6 is 23.4 Å². The Morgan fingerprint density at radius 3 is 3.00 bits per heavy atom. The molecule has 0 bridgehead atoms. The second-order valence-electron chi connectivity index (χ2n) is 4.30. The zero-order valence-corrected chi connectivity index (χ0v) is 13.6. The number of aryl methyl sites for hydroxylation is 1. The van der Waals surface area contributed by atoms with Crippen molar-refractivity contribution in [2.45, 2.75) is 18.6 Å². The van der Waals surface area contributed by atoms with Gasteiger partial charge >= 0.3 is 0 Å². The number of tetrazole rings is 1. The van der Waals surface area contributed by atoms with Crippen molar-refractivity contribution in [3.63, 3.8) is 0 Å². The van der Waals surface area contributed by atoms with Crippen molar-refractivity contribution in [2.24, 2.45) is 7.05 Å². The number of halogens is 1. The first-order valence-corrected chi connectivity index (χ1v) is 8.04. The van der Waals surface area contributed by atoms with Gasteiger partial charge in [0.1, 0.15) is 5.75 Å². The minimum atomic E-state index is 0.643. The predicted molar refractivity (Wildman–Crippen MR) is 83.8 cm³/mol. The third-order valence-corrected chi connectivity index (χ3v) is 3.98. The summed E-state index contributed by atoms with van der Waals surface area (Å²) >= 11 is 7.64. The van der Waals surface area contributed by atoms with Crippen molar-refractivity contribution in [1.82, 2.24) is 25.5 Å². The van der Waals surface area contributed by atoms with Crippen molar-refractivity contribution >= 4 is 23.4 Å². The van der Waals surface area contributed by atoms with E-state index in [4.69, 9.17) is 16.3 Å². The molecule has 0 saturated carbocycles. The van der Waals surface area contributed by atoms with Gasteiger partial charge in [-0.15, -0.1) is 5.10 Å². The SMILES string of the molecule is CCOc1ccc(Cl)cc1CNCCSc1nnnn1C. The fourth-order valence-corrected chi connectivity index (χ4v) is 2.70. The molecule has 0 fully saturated rings. The van der Waals surface area contributed by atoms with Crippen molar-refractivity contribution < 1.29 is 4.74 Å². The lowest BCUT2D eigenvalue weighted by atomic mass is 10.2. The Hall–Kier alpha value is -1.31. The molecule has 1 heterocycles. The van der Waals surface area contributed by atoms with Gasteiger partial charge in [0.25, 0.3) is 0 Å².